The number of ether oxygens (including phenoxy) is 1. The van der Waals surface area contributed by atoms with Gasteiger partial charge in [0.05, 0.1) is 36.8 Å². The van der Waals surface area contributed by atoms with Gasteiger partial charge in [-0.2, -0.15) is 10.2 Å². The molecule has 12 heteroatoms. The minimum Gasteiger partial charge on any atom is -0.383 e. The van der Waals surface area contributed by atoms with Crippen LogP contribution in [0.2, 0.25) is 0 Å². The lowest BCUT2D eigenvalue weighted by atomic mass is 10.1. The zero-order valence-corrected chi connectivity index (χ0v) is 20.2. The first kappa shape index (κ1) is 25.1. The Labute approximate surface area is 208 Å². The summed E-state index contributed by atoms with van der Waals surface area (Å²) in [6.45, 7) is 6.65. The van der Waals surface area contributed by atoms with E-state index in [-0.39, 0.29) is 19.1 Å². The SMILES string of the molecule is C=C(/N=C\c1cnn(Cc2cc(F)cc(N3CCOCC3=O)c2)c1N)Nc1cnn(CCCNC)c1. The molecule has 4 N–H and O–H groups in total. The molecule has 11 nitrogen and oxygen atoms in total. The second-order valence-electron chi connectivity index (χ2n) is 8.34. The molecule has 0 radical (unpaired) electrons. The molecule has 1 amide bonds. The molecule has 1 aliphatic heterocycles. The van der Waals surface area contributed by atoms with Crippen LogP contribution < -0.4 is 21.3 Å². The van der Waals surface area contributed by atoms with Crippen molar-refractivity contribution in [2.45, 2.75) is 19.5 Å². The van der Waals surface area contributed by atoms with E-state index >= 15 is 0 Å². The van der Waals surface area contributed by atoms with E-state index in [4.69, 9.17) is 10.5 Å². The predicted octanol–water partition coefficient (Wildman–Crippen LogP) is 1.82. The molecule has 4 rings (SSSR count). The van der Waals surface area contributed by atoms with E-state index in [1.54, 1.807) is 29.4 Å². The van der Waals surface area contributed by atoms with Crippen molar-refractivity contribution < 1.29 is 13.9 Å². The first-order valence-corrected chi connectivity index (χ1v) is 11.6. The number of carbonyl (C=O) groups is 1. The van der Waals surface area contributed by atoms with Crippen LogP contribution in [0.4, 0.5) is 21.6 Å². The third-order valence-electron chi connectivity index (χ3n) is 5.58. The molecule has 36 heavy (non-hydrogen) atoms. The normalized spacial score (nSPS) is 14.1. The number of nitrogens with two attached hydrogens (primary N) is 1. The second kappa shape index (κ2) is 11.6. The quantitative estimate of drug-likeness (QED) is 0.274. The van der Waals surface area contributed by atoms with E-state index in [1.807, 2.05) is 17.9 Å². The third kappa shape index (κ3) is 6.34. The molecule has 190 valence electrons. The average molecular weight is 496 g/mol. The Hall–Kier alpha value is -4.03. The fourth-order valence-corrected chi connectivity index (χ4v) is 3.79. The van der Waals surface area contributed by atoms with Crippen LogP contribution in [0.1, 0.15) is 17.5 Å². The van der Waals surface area contributed by atoms with Crippen LogP contribution in [-0.4, -0.2) is 65.0 Å². The first-order valence-electron chi connectivity index (χ1n) is 11.6. The molecule has 0 saturated carbocycles. The summed E-state index contributed by atoms with van der Waals surface area (Å²) in [4.78, 5) is 18.0. The number of aryl methyl sites for hydroxylation is 1. The van der Waals surface area contributed by atoms with Crippen molar-refractivity contribution in [1.82, 2.24) is 24.9 Å². The van der Waals surface area contributed by atoms with Crippen molar-refractivity contribution in [3.63, 3.8) is 0 Å². The highest BCUT2D eigenvalue weighted by atomic mass is 19.1. The predicted molar refractivity (Wildman–Crippen MR) is 136 cm³/mol. The minimum absolute atomic E-state index is 0.0141. The molecule has 0 bridgehead atoms. The molecule has 1 aliphatic rings. The summed E-state index contributed by atoms with van der Waals surface area (Å²) in [7, 11) is 1.92. The smallest absolute Gasteiger partial charge is 0.253 e. The number of aromatic nitrogens is 4. The van der Waals surface area contributed by atoms with Crippen LogP contribution in [0, 0.1) is 5.82 Å². The Morgan fingerprint density at radius 3 is 3.00 bits per heavy atom. The molecular weight excluding hydrogens is 465 g/mol. The number of rotatable bonds is 11. The van der Waals surface area contributed by atoms with E-state index < -0.39 is 5.82 Å². The highest BCUT2D eigenvalue weighted by molar-refractivity contribution is 5.95. The Bertz CT molecular complexity index is 1250. The van der Waals surface area contributed by atoms with Gasteiger partial charge in [-0.3, -0.25) is 9.48 Å². The van der Waals surface area contributed by atoms with Gasteiger partial charge >= 0.3 is 0 Å². The van der Waals surface area contributed by atoms with Gasteiger partial charge in [-0.15, -0.1) is 0 Å². The number of carbonyl (C=O) groups excluding carboxylic acids is 1. The van der Waals surface area contributed by atoms with Gasteiger partial charge in [-0.05, 0) is 43.8 Å². The van der Waals surface area contributed by atoms with E-state index in [2.05, 4.69) is 32.4 Å². The van der Waals surface area contributed by atoms with Gasteiger partial charge in [0.15, 0.2) is 0 Å². The van der Waals surface area contributed by atoms with E-state index in [9.17, 15) is 9.18 Å². The number of anilines is 3. The van der Waals surface area contributed by atoms with Gasteiger partial charge in [-0.25, -0.2) is 14.1 Å². The zero-order chi connectivity index (χ0) is 25.5. The summed E-state index contributed by atoms with van der Waals surface area (Å²) in [6.07, 6.45) is 7.72. The molecule has 1 fully saturated rings. The maximum absolute atomic E-state index is 14.3. The highest BCUT2D eigenvalue weighted by Crippen LogP contribution is 2.22. The molecule has 1 saturated heterocycles. The average Bonchev–Trinajstić information content (AvgIpc) is 3.44. The van der Waals surface area contributed by atoms with E-state index in [0.717, 1.165) is 25.2 Å². The maximum Gasteiger partial charge on any atom is 0.253 e. The van der Waals surface area contributed by atoms with Gasteiger partial charge in [0, 0.05) is 31.2 Å². The van der Waals surface area contributed by atoms with Crippen LogP contribution >= 0.6 is 0 Å². The van der Waals surface area contributed by atoms with Crippen molar-refractivity contribution in [2.24, 2.45) is 4.99 Å². The van der Waals surface area contributed by atoms with Crippen molar-refractivity contribution >= 4 is 29.3 Å². The Kier molecular flexibility index (Phi) is 8.08. The largest absolute Gasteiger partial charge is 0.383 e. The lowest BCUT2D eigenvalue weighted by molar-refractivity contribution is -0.125. The lowest BCUT2D eigenvalue weighted by Crippen LogP contribution is -2.41. The number of hydrogen-bond acceptors (Lipinski definition) is 8. The summed E-state index contributed by atoms with van der Waals surface area (Å²) in [5.41, 5.74) is 8.75. The summed E-state index contributed by atoms with van der Waals surface area (Å²) >= 11 is 0. The number of nitrogens with zero attached hydrogens (tertiary/aromatic N) is 6. The number of halogens is 1. The Balaban J connectivity index is 1.38. The number of hydrogen-bond donors (Lipinski definition) is 3. The number of benzene rings is 1. The zero-order valence-electron chi connectivity index (χ0n) is 20.2. The molecule has 2 aromatic heterocycles. The van der Waals surface area contributed by atoms with Crippen LogP contribution in [0.3, 0.4) is 0 Å². The Morgan fingerprint density at radius 1 is 1.33 bits per heavy atom. The van der Waals surface area contributed by atoms with Gasteiger partial charge in [0.25, 0.3) is 5.91 Å². The fourth-order valence-electron chi connectivity index (χ4n) is 3.79. The van der Waals surface area contributed by atoms with Crippen LogP contribution in [-0.2, 0) is 22.6 Å². The number of morpholine rings is 1. The van der Waals surface area contributed by atoms with Crippen molar-refractivity contribution in [3.05, 3.63) is 66.1 Å². The molecular formula is C24H30FN9O2. The molecule has 0 aliphatic carbocycles. The topological polar surface area (TPSA) is 128 Å². The molecule has 3 aromatic rings. The number of nitrogen functional groups attached to an aromatic ring is 1. The number of amides is 1. The molecule has 0 unspecified atom stereocenters. The molecule has 1 aromatic carbocycles. The van der Waals surface area contributed by atoms with Crippen LogP contribution in [0.15, 0.2) is 54.2 Å². The summed E-state index contributed by atoms with van der Waals surface area (Å²) in [5, 5.41) is 14.8. The van der Waals surface area contributed by atoms with Gasteiger partial charge in [0.1, 0.15) is 24.1 Å². The van der Waals surface area contributed by atoms with E-state index in [0.29, 0.717) is 41.6 Å². The molecule has 3 heterocycles. The van der Waals surface area contributed by atoms with Crippen molar-refractivity contribution in [2.75, 3.05) is 49.3 Å². The van der Waals surface area contributed by atoms with Crippen LogP contribution in [0.5, 0.6) is 0 Å². The van der Waals surface area contributed by atoms with Gasteiger partial charge < -0.3 is 26.0 Å². The third-order valence-corrected chi connectivity index (χ3v) is 5.58. The summed E-state index contributed by atoms with van der Waals surface area (Å²) in [6, 6.07) is 4.49. The monoisotopic (exact) mass is 495 g/mol. The highest BCUT2D eigenvalue weighted by Gasteiger charge is 2.21. The summed E-state index contributed by atoms with van der Waals surface area (Å²) < 4.78 is 22.9. The van der Waals surface area contributed by atoms with Crippen LogP contribution in [0.25, 0.3) is 0 Å². The first-order chi connectivity index (χ1) is 17.4. The second-order valence-corrected chi connectivity index (χ2v) is 8.34. The van der Waals surface area contributed by atoms with Crippen molar-refractivity contribution in [3.8, 4) is 0 Å². The molecule has 0 atom stereocenters. The fraction of sp³-hybridized carbons (Fsp3) is 0.333. The molecule has 0 spiro atoms. The van der Waals surface area contributed by atoms with E-state index in [1.165, 1.54) is 17.0 Å². The summed E-state index contributed by atoms with van der Waals surface area (Å²) in [5.74, 6) is 0.144. The Morgan fingerprint density at radius 2 is 2.19 bits per heavy atom. The minimum atomic E-state index is -0.443. The van der Waals surface area contributed by atoms with Gasteiger partial charge in [0.2, 0.25) is 0 Å². The van der Waals surface area contributed by atoms with Gasteiger partial charge in [-0.1, -0.05) is 6.58 Å². The standard InChI is InChI=1S/C24H30FN9O2/c1-17(31-21-13-29-32(15-21)5-3-4-27-2)28-11-19-12-30-34(24(19)26)14-18-8-20(25)10-22(9-18)33-6-7-36-16-23(33)35/h8-13,15,27,31H,1,3-7,14,16,26H2,2H3/b28-11-. The maximum atomic E-state index is 14.3. The number of nitrogens with one attached hydrogen (secondary N) is 2. The van der Waals surface area contributed by atoms with Crippen molar-refractivity contribution in [1.29, 1.82) is 0 Å². The number of aliphatic imine (C=N–C) groups is 1. The lowest BCUT2D eigenvalue weighted by Gasteiger charge is -2.27.